The molecule has 2 aromatic heterocycles. The number of amides is 1. The second-order valence-electron chi connectivity index (χ2n) is 7.47. The molecule has 1 fully saturated rings. The van der Waals surface area contributed by atoms with Crippen molar-refractivity contribution in [1.29, 1.82) is 0 Å². The van der Waals surface area contributed by atoms with Crippen molar-refractivity contribution in [2.24, 2.45) is 14.1 Å². The average Bonchev–Trinajstić information content (AvgIpc) is 3.19. The first-order chi connectivity index (χ1) is 15.4. The molecule has 0 atom stereocenters. The molecule has 1 amide bonds. The molecule has 0 saturated carbocycles. The highest BCUT2D eigenvalue weighted by atomic mass is 32.2. The number of nitrogens with one attached hydrogen (secondary N) is 1. The molecular formula is C21H26N6O4S. The molecule has 0 bridgehead atoms. The van der Waals surface area contributed by atoms with Gasteiger partial charge in [0.15, 0.2) is 16.3 Å². The smallest absolute Gasteiger partial charge is 0.332 e. The third-order valence-electron chi connectivity index (χ3n) is 5.49. The molecule has 11 heteroatoms. The van der Waals surface area contributed by atoms with Crippen molar-refractivity contribution in [2.45, 2.75) is 18.6 Å². The molecule has 4 rings (SSSR count). The Morgan fingerprint density at radius 3 is 2.59 bits per heavy atom. The number of hydrogen-bond acceptors (Lipinski definition) is 7. The van der Waals surface area contributed by atoms with Gasteiger partial charge in [-0.3, -0.25) is 18.7 Å². The lowest BCUT2D eigenvalue weighted by molar-refractivity contribution is -0.113. The molecule has 1 N–H and O–H groups in total. The van der Waals surface area contributed by atoms with Crippen LogP contribution in [0.2, 0.25) is 0 Å². The zero-order valence-corrected chi connectivity index (χ0v) is 19.1. The van der Waals surface area contributed by atoms with E-state index in [0.29, 0.717) is 36.1 Å². The maximum Gasteiger partial charge on any atom is 0.332 e. The van der Waals surface area contributed by atoms with E-state index in [1.807, 2.05) is 31.2 Å². The summed E-state index contributed by atoms with van der Waals surface area (Å²) in [5, 5.41) is 3.52. The summed E-state index contributed by atoms with van der Waals surface area (Å²) in [4.78, 5) is 44.3. The predicted octanol–water partition coefficient (Wildman–Crippen LogP) is 1.02. The van der Waals surface area contributed by atoms with Crippen LogP contribution in [0.3, 0.4) is 0 Å². The normalized spacial score (nSPS) is 14.2. The van der Waals surface area contributed by atoms with Gasteiger partial charge < -0.3 is 19.5 Å². The number of imidazole rings is 1. The SMILES string of the molecule is CCn1c(SCC(=O)Nc2ccccc2N2CCOCC2)nc2c1c(=O)n(C)c(=O)n2C. The van der Waals surface area contributed by atoms with Gasteiger partial charge >= 0.3 is 5.69 Å². The molecule has 3 heterocycles. The van der Waals surface area contributed by atoms with Crippen molar-refractivity contribution in [3.63, 3.8) is 0 Å². The van der Waals surface area contributed by atoms with Crippen LogP contribution in [0.25, 0.3) is 11.2 Å². The topological polar surface area (TPSA) is 103 Å². The number of hydrogen-bond donors (Lipinski definition) is 1. The third kappa shape index (κ3) is 4.05. The van der Waals surface area contributed by atoms with Crippen LogP contribution >= 0.6 is 11.8 Å². The second-order valence-corrected chi connectivity index (χ2v) is 8.41. The number of aryl methyl sites for hydroxylation is 2. The molecule has 0 unspecified atom stereocenters. The highest BCUT2D eigenvalue weighted by Gasteiger charge is 2.20. The van der Waals surface area contributed by atoms with Crippen molar-refractivity contribution < 1.29 is 9.53 Å². The highest BCUT2D eigenvalue weighted by molar-refractivity contribution is 7.99. The third-order valence-corrected chi connectivity index (χ3v) is 6.47. The Bertz CT molecular complexity index is 1270. The standard InChI is InChI=1S/C21H26N6O4S/c1-4-27-17-18(24(2)21(30)25(3)19(17)29)23-20(27)32-13-16(28)22-14-7-5-6-8-15(14)26-9-11-31-12-10-26/h5-8H,4,9-13H2,1-3H3,(H,22,28). The monoisotopic (exact) mass is 458 g/mol. The van der Waals surface area contributed by atoms with Gasteiger partial charge in [-0.1, -0.05) is 23.9 Å². The van der Waals surface area contributed by atoms with Crippen LogP contribution in [0, 0.1) is 0 Å². The molecule has 1 aromatic carbocycles. The highest BCUT2D eigenvalue weighted by Crippen LogP contribution is 2.27. The zero-order chi connectivity index (χ0) is 22.8. The molecular weight excluding hydrogens is 432 g/mol. The van der Waals surface area contributed by atoms with Crippen LogP contribution in [-0.2, 0) is 30.2 Å². The molecule has 1 saturated heterocycles. The van der Waals surface area contributed by atoms with Crippen LogP contribution in [0.5, 0.6) is 0 Å². The van der Waals surface area contributed by atoms with Crippen LogP contribution in [0.4, 0.5) is 11.4 Å². The fraction of sp³-hybridized carbons (Fsp3) is 0.429. The van der Waals surface area contributed by atoms with Crippen molar-refractivity contribution >= 4 is 40.2 Å². The number of carbonyl (C=O) groups is 1. The number of carbonyl (C=O) groups excluding carboxylic acids is 1. The largest absolute Gasteiger partial charge is 0.378 e. The van der Waals surface area contributed by atoms with Gasteiger partial charge in [-0.2, -0.15) is 0 Å². The van der Waals surface area contributed by atoms with Crippen molar-refractivity contribution in [3.8, 4) is 0 Å². The van der Waals surface area contributed by atoms with E-state index in [-0.39, 0.29) is 11.7 Å². The lowest BCUT2D eigenvalue weighted by Crippen LogP contribution is -2.37. The summed E-state index contributed by atoms with van der Waals surface area (Å²) in [7, 11) is 3.03. The predicted molar refractivity (Wildman–Crippen MR) is 125 cm³/mol. The Morgan fingerprint density at radius 2 is 1.88 bits per heavy atom. The first kappa shape index (κ1) is 22.2. The zero-order valence-electron chi connectivity index (χ0n) is 18.3. The van der Waals surface area contributed by atoms with Crippen molar-refractivity contribution in [3.05, 3.63) is 45.1 Å². The molecule has 1 aliphatic heterocycles. The van der Waals surface area contributed by atoms with Gasteiger partial charge in [-0.05, 0) is 19.1 Å². The van der Waals surface area contributed by atoms with E-state index in [4.69, 9.17) is 4.74 Å². The fourth-order valence-corrected chi connectivity index (χ4v) is 4.67. The quantitative estimate of drug-likeness (QED) is 0.550. The van der Waals surface area contributed by atoms with E-state index < -0.39 is 11.2 Å². The lowest BCUT2D eigenvalue weighted by Gasteiger charge is -2.30. The summed E-state index contributed by atoms with van der Waals surface area (Å²) in [5.41, 5.74) is 1.57. The minimum atomic E-state index is -0.433. The Labute approximate surface area is 188 Å². The van der Waals surface area contributed by atoms with Crippen LogP contribution in [0.15, 0.2) is 39.0 Å². The van der Waals surface area contributed by atoms with E-state index in [9.17, 15) is 14.4 Å². The summed E-state index contributed by atoms with van der Waals surface area (Å²) in [6.07, 6.45) is 0. The Kier molecular flexibility index (Phi) is 6.38. The van der Waals surface area contributed by atoms with Gasteiger partial charge in [0.25, 0.3) is 5.56 Å². The Morgan fingerprint density at radius 1 is 1.16 bits per heavy atom. The number of morpholine rings is 1. The fourth-order valence-electron chi connectivity index (χ4n) is 3.81. The van der Waals surface area contributed by atoms with Crippen LogP contribution < -0.4 is 21.5 Å². The summed E-state index contributed by atoms with van der Waals surface area (Å²) in [5.74, 6) is -0.0538. The molecule has 32 heavy (non-hydrogen) atoms. The molecule has 0 radical (unpaired) electrons. The van der Waals surface area contributed by atoms with E-state index in [0.717, 1.165) is 29.0 Å². The maximum absolute atomic E-state index is 12.7. The number of benzene rings is 1. The summed E-state index contributed by atoms with van der Waals surface area (Å²) in [6.45, 7) is 5.26. The molecule has 1 aliphatic rings. The lowest BCUT2D eigenvalue weighted by atomic mass is 10.2. The number of para-hydroxylation sites is 2. The van der Waals surface area contributed by atoms with Gasteiger partial charge in [-0.15, -0.1) is 0 Å². The van der Waals surface area contributed by atoms with E-state index in [1.165, 1.54) is 23.4 Å². The molecule has 170 valence electrons. The molecule has 3 aromatic rings. The van der Waals surface area contributed by atoms with Crippen LogP contribution in [-0.4, -0.2) is 56.6 Å². The van der Waals surface area contributed by atoms with Gasteiger partial charge in [0.05, 0.1) is 30.3 Å². The number of ether oxygens (including phenoxy) is 1. The number of nitrogens with zero attached hydrogens (tertiary/aromatic N) is 5. The summed E-state index contributed by atoms with van der Waals surface area (Å²) < 4.78 is 9.59. The summed E-state index contributed by atoms with van der Waals surface area (Å²) >= 11 is 1.24. The number of anilines is 2. The Hall–Kier alpha value is -3.05. The van der Waals surface area contributed by atoms with Gasteiger partial charge in [0, 0.05) is 33.7 Å². The first-order valence-corrected chi connectivity index (χ1v) is 11.4. The van der Waals surface area contributed by atoms with Gasteiger partial charge in [0.1, 0.15) is 0 Å². The molecule has 0 spiro atoms. The first-order valence-electron chi connectivity index (χ1n) is 10.4. The number of fused-ring (bicyclic) bond motifs is 1. The average molecular weight is 459 g/mol. The maximum atomic E-state index is 12.7. The number of rotatable bonds is 6. The van der Waals surface area contributed by atoms with Gasteiger partial charge in [0.2, 0.25) is 5.91 Å². The number of aromatic nitrogens is 4. The number of thioether (sulfide) groups is 1. The van der Waals surface area contributed by atoms with Crippen molar-refractivity contribution in [1.82, 2.24) is 18.7 Å². The van der Waals surface area contributed by atoms with Gasteiger partial charge in [-0.25, -0.2) is 9.78 Å². The summed E-state index contributed by atoms with van der Waals surface area (Å²) in [6, 6.07) is 7.71. The van der Waals surface area contributed by atoms with E-state index >= 15 is 0 Å². The van der Waals surface area contributed by atoms with E-state index in [2.05, 4.69) is 15.2 Å². The van der Waals surface area contributed by atoms with Crippen LogP contribution in [0.1, 0.15) is 6.92 Å². The molecule has 0 aliphatic carbocycles. The van der Waals surface area contributed by atoms with Crippen molar-refractivity contribution in [2.75, 3.05) is 42.3 Å². The minimum Gasteiger partial charge on any atom is -0.378 e. The second kappa shape index (κ2) is 9.21. The Balaban J connectivity index is 1.54. The minimum absolute atomic E-state index is 0.120. The molecule has 10 nitrogen and oxygen atoms in total. The van der Waals surface area contributed by atoms with E-state index in [1.54, 1.807) is 11.6 Å².